The lowest BCUT2D eigenvalue weighted by Crippen LogP contribution is -2.30. The molecule has 0 fully saturated rings. The van der Waals surface area contributed by atoms with Crippen LogP contribution in [-0.2, 0) is 4.74 Å². The largest absolute Gasteiger partial charge is 0.496 e. The van der Waals surface area contributed by atoms with E-state index in [1.54, 1.807) is 21.1 Å². The molecule has 0 amide bonds. The van der Waals surface area contributed by atoms with Gasteiger partial charge in [-0.2, -0.15) is 0 Å². The van der Waals surface area contributed by atoms with Gasteiger partial charge in [-0.15, -0.1) is 0 Å². The van der Waals surface area contributed by atoms with Crippen LogP contribution in [0.3, 0.4) is 0 Å². The lowest BCUT2D eigenvalue weighted by Gasteiger charge is -2.30. The first-order chi connectivity index (χ1) is 9.67. The van der Waals surface area contributed by atoms with E-state index in [9.17, 15) is 4.79 Å². The number of methoxy groups -OCH3 is 2. The van der Waals surface area contributed by atoms with Crippen molar-refractivity contribution in [3.8, 4) is 5.75 Å². The van der Waals surface area contributed by atoms with Crippen molar-refractivity contribution in [1.82, 2.24) is 0 Å². The number of ether oxygens (including phenoxy) is 2. The average molecular weight is 275 g/mol. The van der Waals surface area contributed by atoms with E-state index < -0.39 is 0 Å². The minimum Gasteiger partial charge on any atom is -0.496 e. The summed E-state index contributed by atoms with van der Waals surface area (Å²) >= 11 is 0. The maximum atomic E-state index is 11.9. The second-order valence-corrected chi connectivity index (χ2v) is 4.90. The van der Waals surface area contributed by atoms with Crippen LogP contribution < -0.4 is 9.64 Å². The van der Waals surface area contributed by atoms with Crippen molar-refractivity contribution in [3.05, 3.63) is 35.4 Å². The van der Waals surface area contributed by atoms with Crippen LogP contribution >= 0.6 is 0 Å². The zero-order chi connectivity index (χ0) is 14.5. The Labute approximate surface area is 120 Å². The van der Waals surface area contributed by atoms with Gasteiger partial charge in [0.25, 0.3) is 0 Å². The summed E-state index contributed by atoms with van der Waals surface area (Å²) in [5.41, 5.74) is 2.93. The number of nitrogens with zero attached hydrogens (tertiary/aromatic N) is 1. The fourth-order valence-electron chi connectivity index (χ4n) is 2.55. The third-order valence-corrected chi connectivity index (χ3v) is 3.55. The predicted octanol–water partition coefficient (Wildman–Crippen LogP) is 2.68. The number of rotatable bonds is 5. The molecule has 1 aromatic rings. The van der Waals surface area contributed by atoms with Crippen molar-refractivity contribution in [1.29, 1.82) is 0 Å². The highest BCUT2D eigenvalue weighted by Gasteiger charge is 2.20. The molecular formula is C16H21NO3. The minimum absolute atomic E-state index is 0.0316. The molecular weight excluding hydrogens is 254 g/mol. The fraction of sp³-hybridized carbons (Fsp3) is 0.438. The summed E-state index contributed by atoms with van der Waals surface area (Å²) in [7, 11) is 3.31. The Hall–Kier alpha value is -1.81. The van der Waals surface area contributed by atoms with Gasteiger partial charge >= 0.3 is 0 Å². The van der Waals surface area contributed by atoms with Crippen LogP contribution in [0, 0.1) is 0 Å². The van der Waals surface area contributed by atoms with Crippen LogP contribution in [0.1, 0.15) is 23.7 Å². The summed E-state index contributed by atoms with van der Waals surface area (Å²) in [6, 6.07) is 5.74. The Morgan fingerprint density at radius 3 is 2.70 bits per heavy atom. The number of ketones is 1. The fourth-order valence-corrected chi connectivity index (χ4v) is 2.55. The summed E-state index contributed by atoms with van der Waals surface area (Å²) in [5, 5.41) is 0. The zero-order valence-corrected chi connectivity index (χ0v) is 12.3. The van der Waals surface area contributed by atoms with Gasteiger partial charge in [0.05, 0.1) is 25.0 Å². The quantitative estimate of drug-likeness (QED) is 0.612. The van der Waals surface area contributed by atoms with Gasteiger partial charge in [0.1, 0.15) is 5.75 Å². The van der Waals surface area contributed by atoms with Gasteiger partial charge in [-0.3, -0.25) is 4.79 Å². The zero-order valence-electron chi connectivity index (χ0n) is 12.3. The van der Waals surface area contributed by atoms with E-state index in [4.69, 9.17) is 9.47 Å². The Bertz CT molecular complexity index is 522. The summed E-state index contributed by atoms with van der Waals surface area (Å²) in [4.78, 5) is 14.1. The number of hydrogen-bond acceptors (Lipinski definition) is 4. The van der Waals surface area contributed by atoms with Crippen molar-refractivity contribution in [2.45, 2.75) is 13.3 Å². The third-order valence-electron chi connectivity index (χ3n) is 3.55. The van der Waals surface area contributed by atoms with Gasteiger partial charge in [0.15, 0.2) is 5.78 Å². The summed E-state index contributed by atoms with van der Waals surface area (Å²) < 4.78 is 10.5. The average Bonchev–Trinajstić information content (AvgIpc) is 2.47. The van der Waals surface area contributed by atoms with Gasteiger partial charge in [-0.05, 0) is 31.1 Å². The molecule has 2 rings (SSSR count). The SMILES string of the molecule is COCC1=CCN(c2cccc(OC)c2C(C)=O)CC1. The number of carbonyl (C=O) groups excluding carboxylic acids is 1. The second kappa shape index (κ2) is 6.57. The molecule has 0 atom stereocenters. The molecule has 0 saturated heterocycles. The van der Waals surface area contributed by atoms with Crippen LogP contribution in [0.2, 0.25) is 0 Å². The molecule has 0 radical (unpaired) electrons. The first-order valence-electron chi connectivity index (χ1n) is 6.77. The molecule has 0 saturated carbocycles. The first-order valence-corrected chi connectivity index (χ1v) is 6.77. The summed E-state index contributed by atoms with van der Waals surface area (Å²) in [5.74, 6) is 0.672. The minimum atomic E-state index is 0.0316. The Morgan fingerprint density at radius 2 is 2.15 bits per heavy atom. The van der Waals surface area contributed by atoms with Gasteiger partial charge < -0.3 is 14.4 Å². The molecule has 0 aromatic heterocycles. The molecule has 0 unspecified atom stereocenters. The number of Topliss-reactive ketones (excluding diaryl/α,β-unsaturated/α-hetero) is 1. The lowest BCUT2D eigenvalue weighted by molar-refractivity contribution is 0.101. The molecule has 4 nitrogen and oxygen atoms in total. The van der Waals surface area contributed by atoms with Crippen molar-refractivity contribution in [2.75, 3.05) is 38.8 Å². The molecule has 108 valence electrons. The molecule has 0 N–H and O–H groups in total. The molecule has 1 aliphatic heterocycles. The van der Waals surface area contributed by atoms with E-state index in [1.807, 2.05) is 18.2 Å². The van der Waals surface area contributed by atoms with Gasteiger partial charge in [0.2, 0.25) is 0 Å². The third kappa shape index (κ3) is 3.02. The second-order valence-electron chi connectivity index (χ2n) is 4.90. The van der Waals surface area contributed by atoms with Gasteiger partial charge in [-0.25, -0.2) is 0 Å². The van der Waals surface area contributed by atoms with Gasteiger partial charge in [-0.1, -0.05) is 12.1 Å². The summed E-state index contributed by atoms with van der Waals surface area (Å²) in [6.07, 6.45) is 3.14. The van der Waals surface area contributed by atoms with Crippen molar-refractivity contribution < 1.29 is 14.3 Å². The Kier molecular flexibility index (Phi) is 4.79. The van der Waals surface area contributed by atoms with E-state index in [2.05, 4.69) is 11.0 Å². The van der Waals surface area contributed by atoms with Crippen LogP contribution in [0.15, 0.2) is 29.8 Å². The van der Waals surface area contributed by atoms with Crippen LogP contribution in [-0.4, -0.2) is 39.7 Å². The smallest absolute Gasteiger partial charge is 0.165 e. The summed E-state index contributed by atoms with van der Waals surface area (Å²) in [6.45, 7) is 3.96. The number of hydrogen-bond donors (Lipinski definition) is 0. The van der Waals surface area contributed by atoms with Crippen LogP contribution in [0.25, 0.3) is 0 Å². The van der Waals surface area contributed by atoms with Crippen molar-refractivity contribution >= 4 is 11.5 Å². The lowest BCUT2D eigenvalue weighted by atomic mass is 10.0. The van der Waals surface area contributed by atoms with E-state index in [1.165, 1.54) is 5.57 Å². The first kappa shape index (κ1) is 14.6. The normalized spacial score (nSPS) is 14.9. The number of anilines is 1. The maximum Gasteiger partial charge on any atom is 0.165 e. The van der Waals surface area contributed by atoms with E-state index in [0.29, 0.717) is 17.9 Å². The highest BCUT2D eigenvalue weighted by molar-refractivity contribution is 6.02. The van der Waals surface area contributed by atoms with Crippen molar-refractivity contribution in [3.63, 3.8) is 0 Å². The highest BCUT2D eigenvalue weighted by atomic mass is 16.5. The Balaban J connectivity index is 2.28. The monoisotopic (exact) mass is 275 g/mol. The molecule has 0 spiro atoms. The molecule has 1 aliphatic rings. The standard InChI is InChI=1S/C16H21NO3/c1-12(18)16-14(5-4-6-15(16)20-3)17-9-7-13(8-10-17)11-19-2/h4-7H,8-11H2,1-3H3. The molecule has 4 heteroatoms. The van der Waals surface area contributed by atoms with Gasteiger partial charge in [0, 0.05) is 20.2 Å². The topological polar surface area (TPSA) is 38.8 Å². The molecule has 1 aromatic carbocycles. The molecule has 20 heavy (non-hydrogen) atoms. The molecule has 0 aliphatic carbocycles. The molecule has 1 heterocycles. The van der Waals surface area contributed by atoms with Crippen molar-refractivity contribution in [2.24, 2.45) is 0 Å². The maximum absolute atomic E-state index is 11.9. The van der Waals surface area contributed by atoms with E-state index in [0.717, 1.165) is 25.2 Å². The molecule has 0 bridgehead atoms. The number of carbonyl (C=O) groups is 1. The van der Waals surface area contributed by atoms with E-state index in [-0.39, 0.29) is 5.78 Å². The van der Waals surface area contributed by atoms with E-state index >= 15 is 0 Å². The number of benzene rings is 1. The van der Waals surface area contributed by atoms with Crippen LogP contribution in [0.5, 0.6) is 5.75 Å². The predicted molar refractivity (Wildman–Crippen MR) is 79.8 cm³/mol. The Morgan fingerprint density at radius 1 is 1.35 bits per heavy atom. The van der Waals surface area contributed by atoms with Crippen LogP contribution in [0.4, 0.5) is 5.69 Å². The highest BCUT2D eigenvalue weighted by Crippen LogP contribution is 2.31.